The highest BCUT2D eigenvalue weighted by atomic mass is 35.6. The minimum atomic E-state index is -1.97. The fourth-order valence-corrected chi connectivity index (χ4v) is 4.10. The number of alkyl halides is 3. The van der Waals surface area contributed by atoms with Crippen LogP contribution in [0.25, 0.3) is 5.69 Å². The number of urea groups is 1. The lowest BCUT2D eigenvalue weighted by Crippen LogP contribution is -2.26. The molecule has 0 spiro atoms. The Kier molecular flexibility index (Phi) is 11.4. The van der Waals surface area contributed by atoms with Crippen LogP contribution in [0.3, 0.4) is 0 Å². The van der Waals surface area contributed by atoms with E-state index in [0.29, 0.717) is 11.1 Å². The largest absolute Gasteiger partial charge is 0.478 e. The number of pyridine rings is 1. The zero-order valence-electron chi connectivity index (χ0n) is 21.7. The van der Waals surface area contributed by atoms with Crippen LogP contribution in [0.15, 0.2) is 59.8 Å². The number of hydrazone groups is 1. The molecule has 4 rings (SSSR count). The van der Waals surface area contributed by atoms with Crippen LogP contribution >= 0.6 is 58.0 Å². The van der Waals surface area contributed by atoms with Gasteiger partial charge in [-0.3, -0.25) is 4.98 Å². The van der Waals surface area contributed by atoms with Gasteiger partial charge >= 0.3 is 18.0 Å². The van der Waals surface area contributed by atoms with E-state index < -0.39 is 39.2 Å². The van der Waals surface area contributed by atoms with Crippen LogP contribution in [0.1, 0.15) is 39.4 Å². The Morgan fingerprint density at radius 2 is 1.64 bits per heavy atom. The summed E-state index contributed by atoms with van der Waals surface area (Å²) in [6.45, 7) is 1.46. The van der Waals surface area contributed by atoms with Crippen LogP contribution in [0.2, 0.25) is 10.0 Å². The summed E-state index contributed by atoms with van der Waals surface area (Å²) in [5.41, 5.74) is 2.44. The summed E-state index contributed by atoms with van der Waals surface area (Å²) in [6.07, 6.45) is 1.39. The molecule has 0 fully saturated rings. The quantitative estimate of drug-likeness (QED) is 0.0973. The second kappa shape index (κ2) is 14.6. The van der Waals surface area contributed by atoms with Crippen molar-refractivity contribution < 1.29 is 33.4 Å². The van der Waals surface area contributed by atoms with Gasteiger partial charge in [-0.1, -0.05) is 58.0 Å². The lowest BCUT2D eigenvalue weighted by Gasteiger charge is -2.12. The average Bonchev–Trinajstić information content (AvgIpc) is 3.38. The summed E-state index contributed by atoms with van der Waals surface area (Å²) < 4.78 is 25.1. The van der Waals surface area contributed by atoms with E-state index in [1.807, 2.05) is 0 Å². The van der Waals surface area contributed by atoms with Gasteiger partial charge in [-0.25, -0.2) is 38.3 Å². The molecule has 4 aromatic rings. The third kappa shape index (κ3) is 9.21. The van der Waals surface area contributed by atoms with Gasteiger partial charge in [0, 0.05) is 23.0 Å². The van der Waals surface area contributed by atoms with Gasteiger partial charge in [-0.15, -0.1) is 5.10 Å². The lowest BCUT2D eigenvalue weighted by molar-refractivity contribution is 0.0677. The average molecular weight is 710 g/mol. The van der Waals surface area contributed by atoms with Crippen LogP contribution in [0.5, 0.6) is 0 Å². The zero-order chi connectivity index (χ0) is 32.8. The minimum absolute atomic E-state index is 0.0758. The van der Waals surface area contributed by atoms with Crippen molar-refractivity contribution >= 4 is 87.4 Å². The van der Waals surface area contributed by atoms with E-state index in [1.54, 1.807) is 0 Å². The smallest absolute Gasteiger partial charge is 0.375 e. The number of halogens is 7. The van der Waals surface area contributed by atoms with Gasteiger partial charge in [0.1, 0.15) is 17.3 Å². The number of nitrogens with one attached hydrogen (secondary N) is 2. The molecule has 12 nitrogen and oxygen atoms in total. The first-order valence-corrected chi connectivity index (χ1v) is 13.4. The van der Waals surface area contributed by atoms with Gasteiger partial charge < -0.3 is 15.5 Å². The van der Waals surface area contributed by atoms with E-state index >= 15 is 0 Å². The molecule has 0 unspecified atom stereocenters. The molecule has 19 heteroatoms. The van der Waals surface area contributed by atoms with Crippen molar-refractivity contribution in [2.24, 2.45) is 5.10 Å². The number of hydrogen-bond acceptors (Lipinski definition) is 7. The highest BCUT2D eigenvalue weighted by Crippen LogP contribution is 2.39. The third-order valence-electron chi connectivity index (χ3n) is 5.02. The number of carbonyl (C=O) groups excluding carboxylic acids is 1. The normalized spacial score (nSPS) is 11.3. The van der Waals surface area contributed by atoms with Crippen LogP contribution in [-0.4, -0.2) is 53.6 Å². The number of amides is 2. The van der Waals surface area contributed by atoms with Crippen molar-refractivity contribution in [3.8, 4) is 5.69 Å². The van der Waals surface area contributed by atoms with Gasteiger partial charge in [0.2, 0.25) is 3.79 Å². The van der Waals surface area contributed by atoms with Gasteiger partial charge in [0.15, 0.2) is 5.82 Å². The Hall–Kier alpha value is -4.08. The molecule has 44 heavy (non-hydrogen) atoms. The number of carbonyl (C=O) groups is 3. The standard InChI is InChI=1S/C15H12F2N4O3.C10H4Cl5N3O2/c1-8(13-12(14(22)23)3-2-4-18-13)20-21-15(24)19-11-6-9(16)5-10(17)7-11;11-4-1-2-6(5(12)3-4)18-9(10(13,14)15)16-7(17-18)8(19)20/h2-7H,1H3,(H,22,23)(H2,19,21,24);1-3H,(H,19,20)/b20-8+;. The highest BCUT2D eigenvalue weighted by Gasteiger charge is 2.33. The lowest BCUT2D eigenvalue weighted by atomic mass is 10.1. The van der Waals surface area contributed by atoms with E-state index in [1.165, 1.54) is 43.5 Å². The van der Waals surface area contributed by atoms with Crippen LogP contribution in [0, 0.1) is 11.6 Å². The molecule has 0 atom stereocenters. The maximum absolute atomic E-state index is 13.0. The summed E-state index contributed by atoms with van der Waals surface area (Å²) >= 11 is 29.1. The summed E-state index contributed by atoms with van der Waals surface area (Å²) in [6, 6.07) is 8.96. The summed E-state index contributed by atoms with van der Waals surface area (Å²) in [5, 5.41) is 28.3. The second-order valence-corrected chi connectivity index (χ2v) is 11.3. The Morgan fingerprint density at radius 1 is 0.977 bits per heavy atom. The van der Waals surface area contributed by atoms with Gasteiger partial charge in [-0.05, 0) is 49.4 Å². The number of aromatic carboxylic acids is 2. The zero-order valence-corrected chi connectivity index (χ0v) is 25.5. The van der Waals surface area contributed by atoms with Crippen LogP contribution < -0.4 is 10.7 Å². The molecule has 0 saturated carbocycles. The molecule has 0 radical (unpaired) electrons. The van der Waals surface area contributed by atoms with Crippen molar-refractivity contribution in [2.75, 3.05) is 5.32 Å². The monoisotopic (exact) mass is 707 g/mol. The number of hydrogen-bond donors (Lipinski definition) is 4. The molecule has 230 valence electrons. The molecule has 4 N–H and O–H groups in total. The van der Waals surface area contributed by atoms with Crippen LogP contribution in [-0.2, 0) is 3.79 Å². The van der Waals surface area contributed by atoms with E-state index in [-0.39, 0.29) is 39.2 Å². The molecule has 2 heterocycles. The predicted molar refractivity (Wildman–Crippen MR) is 159 cm³/mol. The van der Waals surface area contributed by atoms with Crippen molar-refractivity contribution in [3.05, 3.63) is 99.3 Å². The first kappa shape index (κ1) is 34.4. The number of carboxylic acid groups (broad SMARTS) is 2. The molecule has 2 aromatic heterocycles. The molecule has 0 aliphatic carbocycles. The molecule has 2 amide bonds. The maximum atomic E-state index is 13.0. The molecular weight excluding hydrogens is 694 g/mol. The molecule has 0 aliphatic heterocycles. The summed E-state index contributed by atoms with van der Waals surface area (Å²) in [5.74, 6) is -4.94. The minimum Gasteiger partial charge on any atom is -0.478 e. The third-order valence-corrected chi connectivity index (χ3v) is 6.06. The number of benzene rings is 2. The maximum Gasteiger partial charge on any atom is 0.375 e. The second-order valence-electron chi connectivity index (χ2n) is 8.20. The van der Waals surface area contributed by atoms with E-state index in [0.717, 1.165) is 16.8 Å². The van der Waals surface area contributed by atoms with Crippen molar-refractivity contribution in [2.45, 2.75) is 10.7 Å². The fraction of sp³-hybridized carbons (Fsp3) is 0.0800. The van der Waals surface area contributed by atoms with Gasteiger partial charge in [-0.2, -0.15) is 5.10 Å². The van der Waals surface area contributed by atoms with Gasteiger partial charge in [0.25, 0.3) is 5.82 Å². The summed E-state index contributed by atoms with van der Waals surface area (Å²) in [4.78, 5) is 41.3. The molecule has 0 bridgehead atoms. The van der Waals surface area contributed by atoms with E-state index in [2.05, 4.69) is 30.9 Å². The Bertz CT molecular complexity index is 1750. The van der Waals surface area contributed by atoms with Crippen molar-refractivity contribution in [1.29, 1.82) is 0 Å². The first-order chi connectivity index (χ1) is 20.6. The Labute approximate surface area is 271 Å². The fourth-order valence-electron chi connectivity index (χ4n) is 3.25. The number of nitrogens with zero attached hydrogens (tertiary/aromatic N) is 5. The highest BCUT2D eigenvalue weighted by molar-refractivity contribution is 6.66. The Balaban J connectivity index is 0.000000244. The number of rotatable bonds is 6. The predicted octanol–water partition coefficient (Wildman–Crippen LogP) is 6.70. The molecule has 0 aliphatic rings. The van der Waals surface area contributed by atoms with E-state index in [4.69, 9.17) is 68.2 Å². The number of aromatic nitrogens is 4. The molecule has 0 saturated heterocycles. The summed E-state index contributed by atoms with van der Waals surface area (Å²) in [7, 11) is 0. The van der Waals surface area contributed by atoms with Crippen LogP contribution in [0.4, 0.5) is 19.3 Å². The molecule has 2 aromatic carbocycles. The first-order valence-electron chi connectivity index (χ1n) is 11.6. The molecular formula is C25H16Cl5F2N7O5. The van der Waals surface area contributed by atoms with Crippen molar-refractivity contribution in [1.82, 2.24) is 25.2 Å². The van der Waals surface area contributed by atoms with Gasteiger partial charge in [0.05, 0.1) is 22.0 Å². The number of carboxylic acids is 2. The van der Waals surface area contributed by atoms with E-state index in [9.17, 15) is 23.2 Å². The Morgan fingerprint density at radius 3 is 2.20 bits per heavy atom. The topological polar surface area (TPSA) is 172 Å². The number of anilines is 1. The SMILES string of the molecule is C/C(=N\NC(=O)Nc1cc(F)cc(F)c1)c1ncccc1C(=O)O.O=C(O)c1nc(C(Cl)(Cl)Cl)n(-c2ccc(Cl)cc2Cl)n1. The van der Waals surface area contributed by atoms with Crippen molar-refractivity contribution in [3.63, 3.8) is 0 Å².